The van der Waals surface area contributed by atoms with Crippen LogP contribution in [0.3, 0.4) is 0 Å². The molecule has 0 bridgehead atoms. The summed E-state index contributed by atoms with van der Waals surface area (Å²) in [6, 6.07) is 0.645. The third-order valence-electron chi connectivity index (χ3n) is 6.56. The largest absolute Gasteiger partial charge is 0.381 e. The normalized spacial score (nSPS) is 32.3. The Morgan fingerprint density at radius 3 is 2.50 bits per heavy atom. The van der Waals surface area contributed by atoms with E-state index in [0.717, 1.165) is 78.0 Å². The van der Waals surface area contributed by atoms with Gasteiger partial charge < -0.3 is 14.4 Å². The van der Waals surface area contributed by atoms with Gasteiger partial charge in [0.15, 0.2) is 0 Å². The van der Waals surface area contributed by atoms with E-state index < -0.39 is 0 Å². The summed E-state index contributed by atoms with van der Waals surface area (Å²) in [5, 5.41) is 0. The summed E-state index contributed by atoms with van der Waals surface area (Å²) in [5.41, 5.74) is -0.0335. The zero-order valence-electron chi connectivity index (χ0n) is 14.9. The number of hydrogen-bond acceptors (Lipinski definition) is 4. The summed E-state index contributed by atoms with van der Waals surface area (Å²) in [4.78, 5) is 17.9. The molecule has 0 aromatic rings. The fourth-order valence-corrected chi connectivity index (χ4v) is 5.25. The predicted octanol–water partition coefficient (Wildman–Crippen LogP) is 2.19. The van der Waals surface area contributed by atoms with Crippen LogP contribution in [-0.2, 0) is 14.3 Å². The molecular formula is C19H32N2O3. The Labute approximate surface area is 145 Å². The number of nitrogens with zero attached hydrogens (tertiary/aromatic N) is 2. The van der Waals surface area contributed by atoms with Crippen LogP contribution >= 0.6 is 0 Å². The van der Waals surface area contributed by atoms with Gasteiger partial charge in [-0.3, -0.25) is 9.69 Å². The van der Waals surface area contributed by atoms with Crippen LogP contribution in [0, 0.1) is 0 Å². The third kappa shape index (κ3) is 3.35. The minimum atomic E-state index is -0.0335. The number of carbonyl (C=O) groups excluding carboxylic acids is 1. The summed E-state index contributed by atoms with van der Waals surface area (Å²) in [5.74, 6) is 0.368. The Balaban J connectivity index is 1.42. The molecule has 0 unspecified atom stereocenters. The second kappa shape index (κ2) is 7.30. The van der Waals surface area contributed by atoms with Crippen LogP contribution in [0.15, 0.2) is 0 Å². The number of rotatable bonds is 2. The summed E-state index contributed by atoms with van der Waals surface area (Å²) in [6.45, 7) is 5.10. The van der Waals surface area contributed by atoms with Crippen molar-refractivity contribution in [2.75, 3.05) is 39.5 Å². The third-order valence-corrected chi connectivity index (χ3v) is 6.56. The highest BCUT2D eigenvalue weighted by atomic mass is 16.5. The zero-order valence-corrected chi connectivity index (χ0v) is 14.9. The van der Waals surface area contributed by atoms with Gasteiger partial charge >= 0.3 is 0 Å². The van der Waals surface area contributed by atoms with Crippen LogP contribution < -0.4 is 0 Å². The molecule has 0 N–H and O–H groups in total. The number of ether oxygens (including phenoxy) is 2. The van der Waals surface area contributed by atoms with Gasteiger partial charge in [-0.15, -0.1) is 0 Å². The second-order valence-electron chi connectivity index (χ2n) is 8.09. The first-order valence-corrected chi connectivity index (χ1v) is 10.0. The average molecular weight is 336 g/mol. The zero-order chi connectivity index (χ0) is 16.4. The van der Waals surface area contributed by atoms with Gasteiger partial charge in [-0.1, -0.05) is 19.3 Å². The Bertz CT molecular complexity index is 438. The topological polar surface area (TPSA) is 42.0 Å². The number of likely N-dealkylation sites (tertiary alicyclic amines) is 1. The Kier molecular flexibility index (Phi) is 5.11. The maximum atomic E-state index is 13.3. The minimum absolute atomic E-state index is 0.0335. The maximum Gasteiger partial charge on any atom is 0.240 e. The van der Waals surface area contributed by atoms with Crippen LogP contribution in [0.4, 0.5) is 0 Å². The van der Waals surface area contributed by atoms with Crippen molar-refractivity contribution in [2.24, 2.45) is 0 Å². The first-order chi connectivity index (χ1) is 11.8. The van der Waals surface area contributed by atoms with E-state index in [1.807, 2.05) is 0 Å². The monoisotopic (exact) mass is 336 g/mol. The van der Waals surface area contributed by atoms with Gasteiger partial charge in [-0.25, -0.2) is 0 Å². The molecule has 0 aromatic carbocycles. The van der Waals surface area contributed by atoms with E-state index in [-0.39, 0.29) is 11.6 Å². The van der Waals surface area contributed by atoms with Crippen molar-refractivity contribution >= 4 is 5.91 Å². The molecule has 4 rings (SSSR count). The molecule has 3 saturated heterocycles. The van der Waals surface area contributed by atoms with E-state index in [9.17, 15) is 4.79 Å². The Hall–Kier alpha value is -0.650. The van der Waals surface area contributed by atoms with Crippen LogP contribution in [-0.4, -0.2) is 72.8 Å². The van der Waals surface area contributed by atoms with Crippen LogP contribution in [0.2, 0.25) is 0 Å². The molecule has 1 aliphatic carbocycles. The molecule has 24 heavy (non-hydrogen) atoms. The van der Waals surface area contributed by atoms with E-state index in [4.69, 9.17) is 9.47 Å². The maximum absolute atomic E-state index is 13.3. The molecule has 5 heteroatoms. The highest BCUT2D eigenvalue weighted by molar-refractivity contribution is 5.82. The predicted molar refractivity (Wildman–Crippen MR) is 91.9 cm³/mol. The fraction of sp³-hybridized carbons (Fsp3) is 0.947. The lowest BCUT2D eigenvalue weighted by molar-refractivity contribution is -0.161. The molecule has 4 aliphatic rings. The highest BCUT2D eigenvalue weighted by Gasteiger charge is 2.43. The Morgan fingerprint density at radius 1 is 0.917 bits per heavy atom. The standard InChI is InChI=1S/C19H32N2O3/c22-18(17-5-4-10-21(17)16-6-12-23-13-7-16)20-11-14-24-19(15-20)8-2-1-3-9-19/h16-17H,1-15H2/t17-/m0/s1. The lowest BCUT2D eigenvalue weighted by atomic mass is 9.83. The molecule has 1 saturated carbocycles. The van der Waals surface area contributed by atoms with Crippen LogP contribution in [0.25, 0.3) is 0 Å². The van der Waals surface area contributed by atoms with Crippen molar-refractivity contribution in [2.45, 2.75) is 75.5 Å². The molecule has 1 spiro atoms. The number of morpholine rings is 1. The summed E-state index contributed by atoms with van der Waals surface area (Å²) in [7, 11) is 0. The molecule has 1 atom stereocenters. The van der Waals surface area contributed by atoms with Gasteiger partial charge in [0.2, 0.25) is 5.91 Å². The summed E-state index contributed by atoms with van der Waals surface area (Å²) < 4.78 is 11.7. The quantitative estimate of drug-likeness (QED) is 0.775. The molecule has 1 amide bonds. The van der Waals surface area contributed by atoms with Gasteiger partial charge in [0, 0.05) is 32.3 Å². The van der Waals surface area contributed by atoms with Crippen molar-refractivity contribution in [1.29, 1.82) is 0 Å². The molecule has 3 heterocycles. The average Bonchev–Trinajstić information content (AvgIpc) is 3.12. The van der Waals surface area contributed by atoms with Crippen LogP contribution in [0.5, 0.6) is 0 Å². The van der Waals surface area contributed by atoms with Crippen molar-refractivity contribution in [3.63, 3.8) is 0 Å². The van der Waals surface area contributed by atoms with Gasteiger partial charge in [-0.2, -0.15) is 0 Å². The van der Waals surface area contributed by atoms with E-state index in [0.29, 0.717) is 11.9 Å². The van der Waals surface area contributed by atoms with E-state index in [1.165, 1.54) is 19.3 Å². The highest BCUT2D eigenvalue weighted by Crippen LogP contribution is 2.35. The van der Waals surface area contributed by atoms with Gasteiger partial charge in [-0.05, 0) is 45.1 Å². The lowest BCUT2D eigenvalue weighted by Gasteiger charge is -2.46. The van der Waals surface area contributed by atoms with E-state index >= 15 is 0 Å². The fourth-order valence-electron chi connectivity index (χ4n) is 5.25. The smallest absolute Gasteiger partial charge is 0.240 e. The van der Waals surface area contributed by atoms with Crippen LogP contribution in [0.1, 0.15) is 57.8 Å². The molecule has 4 fully saturated rings. The van der Waals surface area contributed by atoms with Crippen molar-refractivity contribution < 1.29 is 14.3 Å². The molecule has 3 aliphatic heterocycles. The molecular weight excluding hydrogens is 304 g/mol. The van der Waals surface area contributed by atoms with Crippen molar-refractivity contribution in [3.05, 3.63) is 0 Å². The van der Waals surface area contributed by atoms with Crippen molar-refractivity contribution in [1.82, 2.24) is 9.80 Å². The van der Waals surface area contributed by atoms with E-state index in [1.54, 1.807) is 0 Å². The molecule has 5 nitrogen and oxygen atoms in total. The SMILES string of the molecule is O=C([C@@H]1CCCN1C1CCOCC1)N1CCOC2(CCCCC2)C1. The number of carbonyl (C=O) groups is 1. The lowest BCUT2D eigenvalue weighted by Crippen LogP contribution is -2.58. The van der Waals surface area contributed by atoms with E-state index in [2.05, 4.69) is 9.80 Å². The molecule has 136 valence electrons. The minimum Gasteiger partial charge on any atom is -0.381 e. The second-order valence-corrected chi connectivity index (χ2v) is 8.09. The first kappa shape index (κ1) is 16.8. The molecule has 0 aromatic heterocycles. The molecule has 0 radical (unpaired) electrons. The summed E-state index contributed by atoms with van der Waals surface area (Å²) in [6.07, 6.45) is 10.4. The summed E-state index contributed by atoms with van der Waals surface area (Å²) >= 11 is 0. The first-order valence-electron chi connectivity index (χ1n) is 10.0. The van der Waals surface area contributed by atoms with Gasteiger partial charge in [0.1, 0.15) is 0 Å². The Morgan fingerprint density at radius 2 is 1.71 bits per heavy atom. The number of hydrogen-bond donors (Lipinski definition) is 0. The van der Waals surface area contributed by atoms with Gasteiger partial charge in [0.05, 0.1) is 18.2 Å². The van der Waals surface area contributed by atoms with Gasteiger partial charge in [0.25, 0.3) is 0 Å². The van der Waals surface area contributed by atoms with Crippen molar-refractivity contribution in [3.8, 4) is 0 Å². The number of amides is 1.